The van der Waals surface area contributed by atoms with Crippen LogP contribution in [-0.4, -0.2) is 47.8 Å². The van der Waals surface area contributed by atoms with Crippen LogP contribution in [0.1, 0.15) is 10.4 Å². The minimum absolute atomic E-state index is 0.0510. The topological polar surface area (TPSA) is 81.7 Å². The van der Waals surface area contributed by atoms with E-state index in [0.29, 0.717) is 18.7 Å². The summed E-state index contributed by atoms with van der Waals surface area (Å²) in [6.07, 6.45) is -0.244. The zero-order valence-corrected chi connectivity index (χ0v) is 12.7. The number of halogens is 1. The second-order valence-electron chi connectivity index (χ2n) is 3.99. The molecule has 112 valence electrons. The summed E-state index contributed by atoms with van der Waals surface area (Å²) in [5, 5.41) is 2.67. The summed E-state index contributed by atoms with van der Waals surface area (Å²) in [5.74, 6) is -0.332. The normalized spacial score (nSPS) is 12.9. The SMILES string of the molecule is COCC(CNC(=O)c1ccc(S(=O)(=O)Cl)cc1)OC. The second-order valence-corrected chi connectivity index (χ2v) is 6.55. The highest BCUT2D eigenvalue weighted by Gasteiger charge is 2.13. The zero-order valence-electron chi connectivity index (χ0n) is 11.1. The molecule has 0 aliphatic rings. The maximum absolute atomic E-state index is 11.8. The zero-order chi connectivity index (χ0) is 15.2. The molecule has 0 aliphatic carbocycles. The molecule has 0 bridgehead atoms. The first-order chi connectivity index (χ1) is 9.38. The van der Waals surface area contributed by atoms with Crippen LogP contribution in [0.2, 0.25) is 0 Å². The summed E-state index contributed by atoms with van der Waals surface area (Å²) in [7, 11) is 4.47. The lowest BCUT2D eigenvalue weighted by atomic mass is 10.2. The summed E-state index contributed by atoms with van der Waals surface area (Å²) in [5.41, 5.74) is 0.335. The molecule has 0 spiro atoms. The Labute approximate surface area is 122 Å². The number of nitrogens with one attached hydrogen (secondary N) is 1. The van der Waals surface area contributed by atoms with Crippen molar-refractivity contribution in [3.05, 3.63) is 29.8 Å². The Morgan fingerprint density at radius 2 is 1.90 bits per heavy atom. The van der Waals surface area contributed by atoms with Crippen molar-refractivity contribution in [2.45, 2.75) is 11.0 Å². The molecule has 1 atom stereocenters. The third kappa shape index (κ3) is 5.09. The van der Waals surface area contributed by atoms with Crippen molar-refractivity contribution in [2.75, 3.05) is 27.4 Å². The summed E-state index contributed by atoms with van der Waals surface area (Å²) in [4.78, 5) is 11.8. The fraction of sp³-hybridized carbons (Fsp3) is 0.417. The predicted molar refractivity (Wildman–Crippen MR) is 74.5 cm³/mol. The van der Waals surface area contributed by atoms with E-state index in [4.69, 9.17) is 20.2 Å². The first-order valence-corrected chi connectivity index (χ1v) is 8.04. The molecule has 20 heavy (non-hydrogen) atoms. The highest BCUT2D eigenvalue weighted by molar-refractivity contribution is 8.13. The number of methoxy groups -OCH3 is 2. The molecule has 0 fully saturated rings. The van der Waals surface area contributed by atoms with Crippen molar-refractivity contribution in [1.29, 1.82) is 0 Å². The number of rotatable bonds is 7. The van der Waals surface area contributed by atoms with Crippen LogP contribution < -0.4 is 5.32 Å². The maximum atomic E-state index is 11.8. The van der Waals surface area contributed by atoms with Crippen molar-refractivity contribution in [2.24, 2.45) is 0 Å². The minimum Gasteiger partial charge on any atom is -0.382 e. The first-order valence-electron chi connectivity index (χ1n) is 5.73. The van der Waals surface area contributed by atoms with E-state index >= 15 is 0 Å². The average molecular weight is 322 g/mol. The van der Waals surface area contributed by atoms with Gasteiger partial charge in [0.25, 0.3) is 15.0 Å². The van der Waals surface area contributed by atoms with E-state index < -0.39 is 9.05 Å². The van der Waals surface area contributed by atoms with Gasteiger partial charge in [-0.3, -0.25) is 4.79 Å². The molecule has 1 aromatic rings. The summed E-state index contributed by atoms with van der Waals surface area (Å²) < 4.78 is 32.2. The molecule has 1 aromatic carbocycles. The quantitative estimate of drug-likeness (QED) is 0.758. The molecule has 0 aromatic heterocycles. The average Bonchev–Trinajstić information content (AvgIpc) is 2.42. The van der Waals surface area contributed by atoms with Gasteiger partial charge >= 0.3 is 0 Å². The van der Waals surface area contributed by atoms with Gasteiger partial charge in [0.1, 0.15) is 0 Å². The van der Waals surface area contributed by atoms with E-state index in [1.54, 1.807) is 7.11 Å². The molecule has 1 amide bonds. The minimum atomic E-state index is -3.78. The number of carbonyl (C=O) groups excluding carboxylic acids is 1. The standard InChI is InChI=1S/C12H16ClNO5S/c1-18-8-10(19-2)7-14-12(15)9-3-5-11(6-4-9)20(13,16)17/h3-6,10H,7-8H2,1-2H3,(H,14,15). The van der Waals surface area contributed by atoms with Crippen LogP contribution in [0.5, 0.6) is 0 Å². The fourth-order valence-corrected chi connectivity index (χ4v) is 2.24. The van der Waals surface area contributed by atoms with Crippen LogP contribution in [0, 0.1) is 0 Å². The molecular formula is C12H16ClNO5S. The number of benzene rings is 1. The highest BCUT2D eigenvalue weighted by Crippen LogP contribution is 2.15. The second kappa shape index (κ2) is 7.58. The van der Waals surface area contributed by atoms with Crippen molar-refractivity contribution in [3.63, 3.8) is 0 Å². The van der Waals surface area contributed by atoms with Crippen LogP contribution >= 0.6 is 10.7 Å². The van der Waals surface area contributed by atoms with Gasteiger partial charge in [-0.2, -0.15) is 0 Å². The van der Waals surface area contributed by atoms with Gasteiger partial charge in [0.15, 0.2) is 0 Å². The Kier molecular flexibility index (Phi) is 6.41. The number of hydrogen-bond donors (Lipinski definition) is 1. The van der Waals surface area contributed by atoms with Gasteiger partial charge in [-0.05, 0) is 24.3 Å². The first kappa shape index (κ1) is 16.9. The van der Waals surface area contributed by atoms with E-state index in [9.17, 15) is 13.2 Å². The van der Waals surface area contributed by atoms with E-state index in [2.05, 4.69) is 5.32 Å². The van der Waals surface area contributed by atoms with Crippen molar-refractivity contribution in [3.8, 4) is 0 Å². The number of hydrogen-bond acceptors (Lipinski definition) is 5. The largest absolute Gasteiger partial charge is 0.382 e. The fourth-order valence-electron chi connectivity index (χ4n) is 1.47. The lowest BCUT2D eigenvalue weighted by Crippen LogP contribution is -2.35. The van der Waals surface area contributed by atoms with Crippen molar-refractivity contribution >= 4 is 25.6 Å². The number of amides is 1. The molecule has 0 aliphatic heterocycles. The lowest BCUT2D eigenvalue weighted by molar-refractivity contribution is 0.0285. The molecular weight excluding hydrogens is 306 g/mol. The maximum Gasteiger partial charge on any atom is 0.261 e. The highest BCUT2D eigenvalue weighted by atomic mass is 35.7. The summed E-state index contributed by atoms with van der Waals surface area (Å²) in [6.45, 7) is 0.652. The molecule has 1 N–H and O–H groups in total. The van der Waals surface area contributed by atoms with Gasteiger partial charge in [0.2, 0.25) is 0 Å². The molecule has 0 saturated carbocycles. The smallest absolute Gasteiger partial charge is 0.261 e. The van der Waals surface area contributed by atoms with Gasteiger partial charge in [-0.1, -0.05) is 0 Å². The van der Waals surface area contributed by atoms with Crippen molar-refractivity contribution in [1.82, 2.24) is 5.32 Å². The molecule has 0 saturated heterocycles. The van der Waals surface area contributed by atoms with Crippen LogP contribution in [0.15, 0.2) is 29.2 Å². The third-order valence-corrected chi connectivity index (χ3v) is 3.94. The van der Waals surface area contributed by atoms with Crippen molar-refractivity contribution < 1.29 is 22.7 Å². The Morgan fingerprint density at radius 1 is 1.30 bits per heavy atom. The van der Waals surface area contributed by atoms with Gasteiger partial charge in [-0.25, -0.2) is 8.42 Å². The summed E-state index contributed by atoms with van der Waals surface area (Å²) in [6, 6.07) is 5.34. The number of ether oxygens (including phenoxy) is 2. The molecule has 0 heterocycles. The van der Waals surface area contributed by atoms with Gasteiger partial charge in [0, 0.05) is 37.0 Å². The molecule has 6 nitrogen and oxygen atoms in total. The van der Waals surface area contributed by atoms with Crippen LogP contribution in [0.25, 0.3) is 0 Å². The lowest BCUT2D eigenvalue weighted by Gasteiger charge is -2.15. The van der Waals surface area contributed by atoms with Crippen LogP contribution in [0.3, 0.4) is 0 Å². The molecule has 1 rings (SSSR count). The van der Waals surface area contributed by atoms with E-state index in [-0.39, 0.29) is 16.9 Å². The molecule has 1 unspecified atom stereocenters. The van der Waals surface area contributed by atoms with E-state index in [1.165, 1.54) is 31.4 Å². The Morgan fingerprint density at radius 3 is 2.35 bits per heavy atom. The Bertz CT molecular complexity index is 543. The van der Waals surface area contributed by atoms with Crippen LogP contribution in [0.4, 0.5) is 0 Å². The van der Waals surface area contributed by atoms with Crippen LogP contribution in [-0.2, 0) is 18.5 Å². The van der Waals surface area contributed by atoms with E-state index in [1.807, 2.05) is 0 Å². The summed E-state index contributed by atoms with van der Waals surface area (Å²) >= 11 is 0. The monoisotopic (exact) mass is 321 g/mol. The molecule has 8 heteroatoms. The molecule has 0 radical (unpaired) electrons. The number of carbonyl (C=O) groups is 1. The Hall–Kier alpha value is -1.15. The van der Waals surface area contributed by atoms with Gasteiger partial charge in [-0.15, -0.1) is 0 Å². The third-order valence-electron chi connectivity index (χ3n) is 2.57. The van der Waals surface area contributed by atoms with Gasteiger partial charge in [0.05, 0.1) is 17.6 Å². The van der Waals surface area contributed by atoms with Gasteiger partial charge < -0.3 is 14.8 Å². The predicted octanol–water partition coefficient (Wildman–Crippen LogP) is 1.01. The van der Waals surface area contributed by atoms with E-state index in [0.717, 1.165) is 0 Å². The Balaban J connectivity index is 2.64.